The Morgan fingerprint density at radius 2 is 1.78 bits per heavy atom. The molecule has 2 aromatic rings. The lowest BCUT2D eigenvalue weighted by molar-refractivity contribution is 0.219. The average molecular weight is 244 g/mol. The van der Waals surface area contributed by atoms with Crippen LogP contribution in [0.3, 0.4) is 0 Å². The first kappa shape index (κ1) is 12.8. The molecule has 94 valence electrons. The van der Waals surface area contributed by atoms with Gasteiger partial charge >= 0.3 is 0 Å². The highest BCUT2D eigenvalue weighted by Gasteiger charge is 2.13. The summed E-state index contributed by atoms with van der Waals surface area (Å²) < 4.78 is 13.0. The van der Waals surface area contributed by atoms with Gasteiger partial charge in [-0.3, -0.25) is 0 Å². The quantitative estimate of drug-likeness (QED) is 0.871. The molecule has 0 aliphatic rings. The fourth-order valence-corrected chi connectivity index (χ4v) is 2.06. The molecule has 0 fully saturated rings. The van der Waals surface area contributed by atoms with Gasteiger partial charge in [-0.1, -0.05) is 37.3 Å². The summed E-state index contributed by atoms with van der Waals surface area (Å²) in [5.74, 6) is -0.273. The van der Waals surface area contributed by atoms with Crippen molar-refractivity contribution in [3.63, 3.8) is 0 Å². The van der Waals surface area contributed by atoms with Crippen LogP contribution >= 0.6 is 0 Å². The maximum atomic E-state index is 13.0. The Morgan fingerprint density at radius 1 is 1.11 bits per heavy atom. The Hall–Kier alpha value is -1.67. The van der Waals surface area contributed by atoms with Crippen molar-refractivity contribution in [2.75, 3.05) is 0 Å². The van der Waals surface area contributed by atoms with Gasteiger partial charge in [0.2, 0.25) is 0 Å². The summed E-state index contributed by atoms with van der Waals surface area (Å²) in [4.78, 5) is 0. The van der Waals surface area contributed by atoms with Crippen LogP contribution in [0.1, 0.15) is 35.3 Å². The zero-order valence-electron chi connectivity index (χ0n) is 10.7. The highest BCUT2D eigenvalue weighted by atomic mass is 19.1. The minimum absolute atomic E-state index is 0.273. The van der Waals surface area contributed by atoms with Crippen LogP contribution in [-0.4, -0.2) is 5.11 Å². The summed E-state index contributed by atoms with van der Waals surface area (Å²) in [5.41, 5.74) is 3.59. The smallest absolute Gasteiger partial charge is 0.123 e. The van der Waals surface area contributed by atoms with E-state index in [2.05, 4.69) is 6.92 Å². The van der Waals surface area contributed by atoms with E-state index in [1.54, 1.807) is 6.07 Å². The van der Waals surface area contributed by atoms with Crippen molar-refractivity contribution < 1.29 is 9.50 Å². The summed E-state index contributed by atoms with van der Waals surface area (Å²) in [6, 6.07) is 12.3. The third kappa shape index (κ3) is 2.59. The topological polar surface area (TPSA) is 20.2 Å². The number of aryl methyl sites for hydroxylation is 2. The Labute approximate surface area is 107 Å². The highest BCUT2D eigenvalue weighted by Crippen LogP contribution is 2.25. The van der Waals surface area contributed by atoms with E-state index in [0.29, 0.717) is 0 Å². The Morgan fingerprint density at radius 3 is 2.33 bits per heavy atom. The van der Waals surface area contributed by atoms with Crippen LogP contribution in [0.5, 0.6) is 0 Å². The van der Waals surface area contributed by atoms with Crippen molar-refractivity contribution in [2.45, 2.75) is 26.4 Å². The summed E-state index contributed by atoms with van der Waals surface area (Å²) >= 11 is 0. The molecule has 0 aliphatic heterocycles. The fraction of sp³-hybridized carbons (Fsp3) is 0.250. The van der Waals surface area contributed by atoms with Crippen molar-refractivity contribution in [2.24, 2.45) is 0 Å². The SMILES string of the molecule is CCc1ccc(C(O)c2ccc(F)cc2C)cc1. The molecule has 2 rings (SSSR count). The molecule has 0 bridgehead atoms. The number of halogens is 1. The van der Waals surface area contributed by atoms with E-state index < -0.39 is 6.10 Å². The molecule has 0 heterocycles. The van der Waals surface area contributed by atoms with Crippen molar-refractivity contribution in [1.29, 1.82) is 0 Å². The normalized spacial score (nSPS) is 12.4. The fourth-order valence-electron chi connectivity index (χ4n) is 2.06. The molecule has 0 saturated carbocycles. The first-order valence-electron chi connectivity index (χ1n) is 6.14. The standard InChI is InChI=1S/C16H17FO/c1-3-12-4-6-13(7-5-12)16(18)15-9-8-14(17)10-11(15)2/h4-10,16,18H,3H2,1-2H3. The lowest BCUT2D eigenvalue weighted by atomic mass is 9.96. The second-order valence-corrected chi connectivity index (χ2v) is 4.50. The zero-order valence-corrected chi connectivity index (χ0v) is 10.7. The number of hydrogen-bond acceptors (Lipinski definition) is 1. The van der Waals surface area contributed by atoms with E-state index in [-0.39, 0.29) is 5.82 Å². The van der Waals surface area contributed by atoms with Gasteiger partial charge in [-0.15, -0.1) is 0 Å². The van der Waals surface area contributed by atoms with Crippen molar-refractivity contribution >= 4 is 0 Å². The van der Waals surface area contributed by atoms with Crippen LogP contribution in [0.2, 0.25) is 0 Å². The monoisotopic (exact) mass is 244 g/mol. The molecule has 0 saturated heterocycles. The maximum absolute atomic E-state index is 13.0. The molecule has 0 aromatic heterocycles. The van der Waals surface area contributed by atoms with E-state index in [1.807, 2.05) is 31.2 Å². The molecule has 0 radical (unpaired) electrons. The van der Waals surface area contributed by atoms with Gasteiger partial charge in [-0.05, 0) is 47.7 Å². The molecule has 1 atom stereocenters. The molecule has 18 heavy (non-hydrogen) atoms. The van der Waals surface area contributed by atoms with Gasteiger partial charge in [-0.2, -0.15) is 0 Å². The molecule has 2 heteroatoms. The predicted octanol–water partition coefficient (Wildman–Crippen LogP) is 3.78. The van der Waals surface area contributed by atoms with Gasteiger partial charge in [0, 0.05) is 0 Å². The van der Waals surface area contributed by atoms with Crippen molar-refractivity contribution in [3.8, 4) is 0 Å². The van der Waals surface area contributed by atoms with E-state index >= 15 is 0 Å². The minimum atomic E-state index is -0.698. The number of aliphatic hydroxyl groups excluding tert-OH is 1. The first-order chi connectivity index (χ1) is 8.61. The zero-order chi connectivity index (χ0) is 13.1. The van der Waals surface area contributed by atoms with Gasteiger partial charge in [-0.25, -0.2) is 4.39 Å². The molecule has 0 aliphatic carbocycles. The van der Waals surface area contributed by atoms with Crippen LogP contribution < -0.4 is 0 Å². The highest BCUT2D eigenvalue weighted by molar-refractivity contribution is 5.36. The van der Waals surface area contributed by atoms with E-state index in [4.69, 9.17) is 0 Å². The lowest BCUT2D eigenvalue weighted by Crippen LogP contribution is -2.02. The molecule has 1 N–H and O–H groups in total. The molecule has 0 spiro atoms. The summed E-state index contributed by atoms with van der Waals surface area (Å²) in [6.45, 7) is 3.90. The van der Waals surface area contributed by atoms with Crippen molar-refractivity contribution in [3.05, 3.63) is 70.5 Å². The third-order valence-electron chi connectivity index (χ3n) is 3.23. The molecule has 0 amide bonds. The van der Waals surface area contributed by atoms with Gasteiger partial charge in [0.15, 0.2) is 0 Å². The number of rotatable bonds is 3. The summed E-state index contributed by atoms with van der Waals surface area (Å²) in [7, 11) is 0. The second kappa shape index (κ2) is 5.32. The number of benzene rings is 2. The second-order valence-electron chi connectivity index (χ2n) is 4.50. The Balaban J connectivity index is 2.31. The van der Waals surface area contributed by atoms with Gasteiger partial charge in [0.05, 0.1) is 0 Å². The maximum Gasteiger partial charge on any atom is 0.123 e. The van der Waals surface area contributed by atoms with Gasteiger partial charge < -0.3 is 5.11 Å². The molecule has 2 aromatic carbocycles. The van der Waals surface area contributed by atoms with Crippen LogP contribution in [0, 0.1) is 12.7 Å². The summed E-state index contributed by atoms with van der Waals surface area (Å²) in [5, 5.41) is 10.3. The summed E-state index contributed by atoms with van der Waals surface area (Å²) in [6.07, 6.45) is 0.280. The molecular formula is C16H17FO. The van der Waals surface area contributed by atoms with E-state index in [0.717, 1.165) is 23.1 Å². The third-order valence-corrected chi connectivity index (χ3v) is 3.23. The Kier molecular flexibility index (Phi) is 3.78. The van der Waals surface area contributed by atoms with Crippen LogP contribution in [0.15, 0.2) is 42.5 Å². The van der Waals surface area contributed by atoms with Gasteiger partial charge in [0.1, 0.15) is 11.9 Å². The lowest BCUT2D eigenvalue weighted by Gasteiger charge is -2.14. The molecule has 1 nitrogen and oxygen atoms in total. The number of hydrogen-bond donors (Lipinski definition) is 1. The van der Waals surface area contributed by atoms with Gasteiger partial charge in [0.25, 0.3) is 0 Å². The molecule has 1 unspecified atom stereocenters. The van der Waals surface area contributed by atoms with E-state index in [1.165, 1.54) is 17.7 Å². The Bertz CT molecular complexity index is 531. The largest absolute Gasteiger partial charge is 0.384 e. The number of aliphatic hydroxyl groups is 1. The average Bonchev–Trinajstić information content (AvgIpc) is 2.38. The van der Waals surface area contributed by atoms with Crippen LogP contribution in [0.25, 0.3) is 0 Å². The minimum Gasteiger partial charge on any atom is -0.384 e. The predicted molar refractivity (Wildman–Crippen MR) is 71.0 cm³/mol. The first-order valence-corrected chi connectivity index (χ1v) is 6.14. The van der Waals surface area contributed by atoms with Crippen LogP contribution in [0.4, 0.5) is 4.39 Å². The molecular weight excluding hydrogens is 227 g/mol. The van der Waals surface area contributed by atoms with Crippen LogP contribution in [-0.2, 0) is 6.42 Å². The van der Waals surface area contributed by atoms with E-state index in [9.17, 15) is 9.50 Å². The van der Waals surface area contributed by atoms with Crippen molar-refractivity contribution in [1.82, 2.24) is 0 Å².